The average molecular weight is 346 g/mol. The minimum absolute atomic E-state index is 0.0683. The van der Waals surface area contributed by atoms with Crippen molar-refractivity contribution in [1.82, 2.24) is 9.88 Å². The number of halogens is 1. The summed E-state index contributed by atoms with van der Waals surface area (Å²) in [6, 6.07) is 6.96. The van der Waals surface area contributed by atoms with Crippen molar-refractivity contribution in [3.63, 3.8) is 0 Å². The first kappa shape index (κ1) is 16.5. The van der Waals surface area contributed by atoms with Crippen LogP contribution in [0.25, 0.3) is 0 Å². The molecule has 5 nitrogen and oxygen atoms in total. The van der Waals surface area contributed by atoms with E-state index in [9.17, 15) is 4.39 Å². The van der Waals surface area contributed by atoms with Crippen LogP contribution in [0.1, 0.15) is 30.8 Å². The minimum Gasteiger partial charge on any atom is -0.470 e. The molecule has 2 aliphatic heterocycles. The Morgan fingerprint density at radius 3 is 2.88 bits per heavy atom. The molecular formula is C19H23FN2O3. The summed E-state index contributed by atoms with van der Waals surface area (Å²) >= 11 is 0. The predicted molar refractivity (Wildman–Crippen MR) is 89.9 cm³/mol. The standard InChI is InChI=1S/C19H23FN2O3/c1-14-4-5-15(24-14)12-22-9-6-19(7-10-22)11-16(13-23-19)25-18-17(20)3-2-8-21-18/h2-5,8,16H,6-7,9-13H2,1H3/t16-/m1/s1. The number of furan rings is 1. The molecule has 1 spiro atoms. The molecule has 4 heterocycles. The van der Waals surface area contributed by atoms with Gasteiger partial charge < -0.3 is 13.9 Å². The van der Waals surface area contributed by atoms with Gasteiger partial charge in [0.05, 0.1) is 18.8 Å². The molecule has 0 aromatic carbocycles. The van der Waals surface area contributed by atoms with Crippen LogP contribution in [0.15, 0.2) is 34.9 Å². The first-order chi connectivity index (χ1) is 12.1. The number of aryl methyl sites for hydroxylation is 1. The van der Waals surface area contributed by atoms with Gasteiger partial charge in [-0.15, -0.1) is 0 Å². The van der Waals surface area contributed by atoms with E-state index in [-0.39, 0.29) is 17.6 Å². The number of rotatable bonds is 4. The van der Waals surface area contributed by atoms with Crippen LogP contribution in [0.4, 0.5) is 4.39 Å². The van der Waals surface area contributed by atoms with Gasteiger partial charge in [-0.05, 0) is 44.0 Å². The molecule has 4 rings (SSSR count). The van der Waals surface area contributed by atoms with Crippen LogP contribution in [0.2, 0.25) is 0 Å². The number of hydrogen-bond acceptors (Lipinski definition) is 5. The first-order valence-electron chi connectivity index (χ1n) is 8.81. The lowest BCUT2D eigenvalue weighted by Crippen LogP contribution is -2.44. The van der Waals surface area contributed by atoms with Crippen molar-refractivity contribution in [1.29, 1.82) is 0 Å². The number of ether oxygens (including phenoxy) is 2. The third kappa shape index (κ3) is 3.70. The topological polar surface area (TPSA) is 47.7 Å². The fourth-order valence-electron chi connectivity index (χ4n) is 3.75. The number of hydrogen-bond donors (Lipinski definition) is 0. The minimum atomic E-state index is -0.424. The molecule has 0 unspecified atom stereocenters. The maximum Gasteiger partial charge on any atom is 0.250 e. The van der Waals surface area contributed by atoms with E-state index in [2.05, 4.69) is 9.88 Å². The molecule has 2 fully saturated rings. The molecule has 0 N–H and O–H groups in total. The van der Waals surface area contributed by atoms with Gasteiger partial charge in [-0.2, -0.15) is 0 Å². The monoisotopic (exact) mass is 346 g/mol. The maximum absolute atomic E-state index is 13.7. The first-order valence-corrected chi connectivity index (χ1v) is 8.81. The summed E-state index contributed by atoms with van der Waals surface area (Å²) in [5, 5.41) is 0. The van der Waals surface area contributed by atoms with Gasteiger partial charge in [0.1, 0.15) is 17.6 Å². The molecule has 134 valence electrons. The summed E-state index contributed by atoms with van der Waals surface area (Å²) in [7, 11) is 0. The molecular weight excluding hydrogens is 323 g/mol. The van der Waals surface area contributed by atoms with Gasteiger partial charge in [0, 0.05) is 25.7 Å². The molecule has 25 heavy (non-hydrogen) atoms. The number of likely N-dealkylation sites (tertiary alicyclic amines) is 1. The van der Waals surface area contributed by atoms with Crippen molar-refractivity contribution >= 4 is 0 Å². The van der Waals surface area contributed by atoms with Crippen LogP contribution >= 0.6 is 0 Å². The summed E-state index contributed by atoms with van der Waals surface area (Å²) < 4.78 is 31.2. The van der Waals surface area contributed by atoms with Crippen LogP contribution < -0.4 is 4.74 Å². The molecule has 0 saturated carbocycles. The molecule has 0 bridgehead atoms. The lowest BCUT2D eigenvalue weighted by Gasteiger charge is -2.38. The molecule has 0 radical (unpaired) electrons. The van der Waals surface area contributed by atoms with E-state index in [1.165, 1.54) is 6.07 Å². The van der Waals surface area contributed by atoms with Crippen LogP contribution in [0.5, 0.6) is 5.88 Å². The zero-order valence-corrected chi connectivity index (χ0v) is 14.4. The molecule has 2 aliphatic rings. The predicted octanol–water partition coefficient (Wildman–Crippen LogP) is 3.32. The second kappa shape index (κ2) is 6.77. The van der Waals surface area contributed by atoms with Crippen molar-refractivity contribution < 1.29 is 18.3 Å². The third-order valence-corrected chi connectivity index (χ3v) is 5.12. The van der Waals surface area contributed by atoms with Crippen molar-refractivity contribution in [3.05, 3.63) is 47.8 Å². The van der Waals surface area contributed by atoms with E-state index in [0.717, 1.165) is 50.4 Å². The highest BCUT2D eigenvalue weighted by molar-refractivity contribution is 5.14. The second-order valence-corrected chi connectivity index (χ2v) is 7.02. The molecule has 2 aromatic heterocycles. The molecule has 0 aliphatic carbocycles. The van der Waals surface area contributed by atoms with Gasteiger partial charge in [0.25, 0.3) is 5.88 Å². The Balaban J connectivity index is 1.30. The Labute approximate surface area is 146 Å². The van der Waals surface area contributed by atoms with E-state index in [4.69, 9.17) is 13.9 Å². The Morgan fingerprint density at radius 1 is 1.32 bits per heavy atom. The Bertz CT molecular complexity index is 725. The lowest BCUT2D eigenvalue weighted by molar-refractivity contribution is -0.0463. The highest BCUT2D eigenvalue weighted by Gasteiger charge is 2.44. The Hall–Kier alpha value is -1.92. The highest BCUT2D eigenvalue weighted by Crippen LogP contribution is 2.37. The fourth-order valence-corrected chi connectivity index (χ4v) is 3.75. The number of aromatic nitrogens is 1. The summed E-state index contributed by atoms with van der Waals surface area (Å²) in [6.07, 6.45) is 4.10. The van der Waals surface area contributed by atoms with Crippen molar-refractivity contribution in [3.8, 4) is 5.88 Å². The lowest BCUT2D eigenvalue weighted by atomic mass is 9.88. The quantitative estimate of drug-likeness (QED) is 0.850. The molecule has 6 heteroatoms. The summed E-state index contributed by atoms with van der Waals surface area (Å²) in [5.41, 5.74) is -0.147. The molecule has 0 amide bonds. The SMILES string of the molecule is Cc1ccc(CN2CCC3(CC2)C[C@@H](Oc2ncccc2F)CO3)o1. The van der Waals surface area contributed by atoms with Gasteiger partial charge >= 0.3 is 0 Å². The van der Waals surface area contributed by atoms with E-state index in [0.29, 0.717) is 6.61 Å². The van der Waals surface area contributed by atoms with E-state index < -0.39 is 5.82 Å². The Kier molecular flexibility index (Phi) is 4.48. The molecule has 2 saturated heterocycles. The van der Waals surface area contributed by atoms with Crippen molar-refractivity contribution in [2.24, 2.45) is 0 Å². The van der Waals surface area contributed by atoms with Gasteiger partial charge in [0.2, 0.25) is 0 Å². The summed E-state index contributed by atoms with van der Waals surface area (Å²) in [5.74, 6) is 1.60. The Morgan fingerprint density at radius 2 is 2.16 bits per heavy atom. The fraction of sp³-hybridized carbons (Fsp3) is 0.526. The van der Waals surface area contributed by atoms with Gasteiger partial charge in [-0.1, -0.05) is 0 Å². The van der Waals surface area contributed by atoms with Crippen LogP contribution in [-0.4, -0.2) is 41.3 Å². The van der Waals surface area contributed by atoms with Crippen LogP contribution in [0.3, 0.4) is 0 Å². The van der Waals surface area contributed by atoms with E-state index >= 15 is 0 Å². The van der Waals surface area contributed by atoms with Crippen LogP contribution in [0, 0.1) is 12.7 Å². The van der Waals surface area contributed by atoms with Crippen molar-refractivity contribution in [2.45, 2.75) is 44.4 Å². The van der Waals surface area contributed by atoms with Crippen LogP contribution in [-0.2, 0) is 11.3 Å². The van der Waals surface area contributed by atoms with Gasteiger partial charge in [-0.25, -0.2) is 9.37 Å². The molecule has 1 atom stereocenters. The normalized spacial score (nSPS) is 23.2. The average Bonchev–Trinajstić information content (AvgIpc) is 3.19. The van der Waals surface area contributed by atoms with Crippen molar-refractivity contribution in [2.75, 3.05) is 19.7 Å². The zero-order valence-electron chi connectivity index (χ0n) is 14.4. The molecule has 2 aromatic rings. The van der Waals surface area contributed by atoms with Gasteiger partial charge in [-0.3, -0.25) is 4.90 Å². The summed E-state index contributed by atoms with van der Waals surface area (Å²) in [4.78, 5) is 6.35. The van der Waals surface area contributed by atoms with E-state index in [1.807, 2.05) is 19.1 Å². The zero-order chi connectivity index (χ0) is 17.3. The highest BCUT2D eigenvalue weighted by atomic mass is 19.1. The number of nitrogens with zero attached hydrogens (tertiary/aromatic N) is 2. The number of pyridine rings is 1. The second-order valence-electron chi connectivity index (χ2n) is 7.02. The smallest absolute Gasteiger partial charge is 0.250 e. The summed E-state index contributed by atoms with van der Waals surface area (Å²) in [6.45, 7) is 5.22. The number of piperidine rings is 1. The largest absolute Gasteiger partial charge is 0.470 e. The van der Waals surface area contributed by atoms with E-state index in [1.54, 1.807) is 12.3 Å². The van der Waals surface area contributed by atoms with Gasteiger partial charge in [0.15, 0.2) is 5.82 Å². The third-order valence-electron chi connectivity index (χ3n) is 5.12. The maximum atomic E-state index is 13.7.